The molecule has 1 fully saturated rings. The molecule has 0 aromatic rings. The first-order valence-electron chi connectivity index (χ1n) is 4.57. The minimum absolute atomic E-state index is 0.0432. The lowest BCUT2D eigenvalue weighted by molar-refractivity contribution is -0.862. The van der Waals surface area contributed by atoms with Crippen molar-refractivity contribution >= 4 is 5.97 Å². The number of carbonyl (C=O) groups is 1. The number of likely N-dealkylation sites (tertiary alicyclic amines) is 1. The maximum atomic E-state index is 11.3. The molecule has 0 aromatic heterocycles. The van der Waals surface area contributed by atoms with Gasteiger partial charge in [0.25, 0.3) is 0 Å². The predicted molar refractivity (Wildman–Crippen MR) is 45.4 cm³/mol. The normalized spacial score (nSPS) is 29.8. The minimum Gasteiger partial charge on any atom is -0.467 e. The number of quaternary nitrogens is 1. The van der Waals surface area contributed by atoms with Crippen LogP contribution in [0, 0.1) is 13.0 Å². The molecular formula is C9H17NO2. The summed E-state index contributed by atoms with van der Waals surface area (Å²) in [6, 6.07) is 0. The molecule has 70 valence electrons. The average molecular weight is 171 g/mol. The van der Waals surface area contributed by atoms with E-state index < -0.39 is 0 Å². The standard InChI is InChI=1S/C9H17NO2/c1-3-12-9(11)8-5-4-6-10(2)7-8/h8,10H,2-7H2,1H3. The van der Waals surface area contributed by atoms with E-state index in [2.05, 4.69) is 7.05 Å². The van der Waals surface area contributed by atoms with Gasteiger partial charge in [0, 0.05) is 0 Å². The third-order valence-electron chi connectivity index (χ3n) is 2.24. The van der Waals surface area contributed by atoms with Crippen LogP contribution in [-0.2, 0) is 9.53 Å². The molecule has 0 radical (unpaired) electrons. The summed E-state index contributed by atoms with van der Waals surface area (Å²) in [6.07, 6.45) is 2.06. The van der Waals surface area contributed by atoms with Gasteiger partial charge in [0.15, 0.2) is 0 Å². The molecule has 0 saturated carbocycles. The van der Waals surface area contributed by atoms with E-state index in [9.17, 15) is 4.79 Å². The summed E-state index contributed by atoms with van der Waals surface area (Å²) in [4.78, 5) is 12.5. The minimum atomic E-state index is -0.0432. The second kappa shape index (κ2) is 4.45. The summed E-state index contributed by atoms with van der Waals surface area (Å²) in [7, 11) is 3.90. The Labute approximate surface area is 73.7 Å². The molecule has 1 heterocycles. The third kappa shape index (κ3) is 2.48. The van der Waals surface area contributed by atoms with Gasteiger partial charge in [0.2, 0.25) is 0 Å². The molecule has 0 aliphatic carbocycles. The summed E-state index contributed by atoms with van der Waals surface area (Å²) in [5, 5.41) is 0. The van der Waals surface area contributed by atoms with Crippen molar-refractivity contribution < 1.29 is 14.4 Å². The van der Waals surface area contributed by atoms with E-state index in [4.69, 9.17) is 4.74 Å². The molecule has 0 aromatic carbocycles. The van der Waals surface area contributed by atoms with Crippen LogP contribution >= 0.6 is 0 Å². The second-order valence-corrected chi connectivity index (χ2v) is 3.30. The van der Waals surface area contributed by atoms with Crippen molar-refractivity contribution in [2.45, 2.75) is 19.8 Å². The molecule has 1 N–H and O–H groups in total. The fourth-order valence-corrected chi connectivity index (χ4v) is 1.61. The Bertz CT molecular complexity index is 159. The van der Waals surface area contributed by atoms with Crippen LogP contribution in [0.3, 0.4) is 0 Å². The van der Waals surface area contributed by atoms with E-state index >= 15 is 0 Å². The number of ether oxygens (including phenoxy) is 1. The lowest BCUT2D eigenvalue weighted by Crippen LogP contribution is -3.08. The summed E-state index contributed by atoms with van der Waals surface area (Å²) in [5.74, 6) is 0.0459. The zero-order chi connectivity index (χ0) is 8.97. The van der Waals surface area contributed by atoms with Crippen LogP contribution in [0.15, 0.2) is 0 Å². The first-order chi connectivity index (χ1) is 5.74. The summed E-state index contributed by atoms with van der Waals surface area (Å²) in [6.45, 7) is 4.24. The summed E-state index contributed by atoms with van der Waals surface area (Å²) in [5.41, 5.74) is 0. The van der Waals surface area contributed by atoms with E-state index in [1.54, 1.807) is 0 Å². The highest BCUT2D eigenvalue weighted by atomic mass is 16.5. The van der Waals surface area contributed by atoms with E-state index in [1.165, 1.54) is 4.90 Å². The van der Waals surface area contributed by atoms with E-state index in [0.717, 1.165) is 25.9 Å². The van der Waals surface area contributed by atoms with Gasteiger partial charge in [-0.3, -0.25) is 4.79 Å². The molecule has 0 amide bonds. The Morgan fingerprint density at radius 1 is 1.75 bits per heavy atom. The molecule has 1 saturated heterocycles. The lowest BCUT2D eigenvalue weighted by Gasteiger charge is -2.30. The molecule has 0 bridgehead atoms. The lowest BCUT2D eigenvalue weighted by atomic mass is 9.99. The van der Waals surface area contributed by atoms with Crippen LogP contribution in [0.2, 0.25) is 0 Å². The van der Waals surface area contributed by atoms with Gasteiger partial charge in [-0.2, -0.15) is 7.05 Å². The zero-order valence-corrected chi connectivity index (χ0v) is 7.64. The first kappa shape index (κ1) is 9.52. The molecule has 2 atom stereocenters. The average Bonchev–Trinajstić information content (AvgIpc) is 2.05. The van der Waals surface area contributed by atoms with Gasteiger partial charge >= 0.3 is 5.97 Å². The summed E-state index contributed by atoms with van der Waals surface area (Å²) >= 11 is 0. The molecule has 2 unspecified atom stereocenters. The van der Waals surface area contributed by atoms with Crippen molar-refractivity contribution in [1.82, 2.24) is 0 Å². The molecule has 3 heteroatoms. The van der Waals surface area contributed by atoms with Crippen molar-refractivity contribution in [2.75, 3.05) is 19.7 Å². The number of piperidine rings is 1. The monoisotopic (exact) mass is 171 g/mol. The molecule has 1 aliphatic heterocycles. The number of hydrogen-bond acceptors (Lipinski definition) is 2. The van der Waals surface area contributed by atoms with Crippen LogP contribution in [0.5, 0.6) is 0 Å². The van der Waals surface area contributed by atoms with Gasteiger partial charge in [0.1, 0.15) is 5.92 Å². The number of nitrogens with one attached hydrogen (secondary N) is 1. The number of carbonyl (C=O) groups excluding carboxylic acids is 1. The molecule has 3 nitrogen and oxygen atoms in total. The quantitative estimate of drug-likeness (QED) is 0.454. The maximum Gasteiger partial charge on any atom is 0.314 e. The molecule has 1 aliphatic rings. The highest BCUT2D eigenvalue weighted by molar-refractivity contribution is 5.72. The molecule has 12 heavy (non-hydrogen) atoms. The fourth-order valence-electron chi connectivity index (χ4n) is 1.61. The second-order valence-electron chi connectivity index (χ2n) is 3.30. The van der Waals surface area contributed by atoms with Gasteiger partial charge in [-0.15, -0.1) is 0 Å². The van der Waals surface area contributed by atoms with Gasteiger partial charge in [-0.1, -0.05) is 0 Å². The maximum absolute atomic E-state index is 11.3. The van der Waals surface area contributed by atoms with Gasteiger partial charge in [0.05, 0.1) is 19.7 Å². The Morgan fingerprint density at radius 2 is 2.50 bits per heavy atom. The number of rotatable bonds is 2. The van der Waals surface area contributed by atoms with Crippen LogP contribution in [-0.4, -0.2) is 25.7 Å². The highest BCUT2D eigenvalue weighted by Gasteiger charge is 2.25. The van der Waals surface area contributed by atoms with Crippen LogP contribution in [0.25, 0.3) is 0 Å². The smallest absolute Gasteiger partial charge is 0.314 e. The van der Waals surface area contributed by atoms with Crippen LogP contribution in [0.1, 0.15) is 19.8 Å². The van der Waals surface area contributed by atoms with Gasteiger partial charge in [-0.25, -0.2) is 0 Å². The van der Waals surface area contributed by atoms with Crippen molar-refractivity contribution in [1.29, 1.82) is 0 Å². The number of hydrogen-bond donors (Lipinski definition) is 1. The van der Waals surface area contributed by atoms with Crippen LogP contribution < -0.4 is 4.90 Å². The van der Waals surface area contributed by atoms with E-state index in [1.807, 2.05) is 6.92 Å². The number of esters is 1. The molecular weight excluding hydrogens is 154 g/mol. The van der Waals surface area contributed by atoms with Gasteiger partial charge in [-0.05, 0) is 19.8 Å². The largest absolute Gasteiger partial charge is 0.467 e. The van der Waals surface area contributed by atoms with Crippen molar-refractivity contribution in [3.8, 4) is 0 Å². The Hall–Kier alpha value is -0.570. The van der Waals surface area contributed by atoms with E-state index in [-0.39, 0.29) is 11.9 Å². The Kier molecular flexibility index (Phi) is 3.53. The SMILES string of the molecule is [CH2-][NH+]1CCCC(C(=O)OCC)C1. The first-order valence-corrected chi connectivity index (χ1v) is 4.57. The Balaban J connectivity index is 2.35. The Morgan fingerprint density at radius 3 is 3.08 bits per heavy atom. The van der Waals surface area contributed by atoms with Crippen LogP contribution in [0.4, 0.5) is 0 Å². The van der Waals surface area contributed by atoms with E-state index in [0.29, 0.717) is 6.61 Å². The molecule has 0 spiro atoms. The van der Waals surface area contributed by atoms with Gasteiger partial charge < -0.3 is 9.64 Å². The third-order valence-corrected chi connectivity index (χ3v) is 2.24. The van der Waals surface area contributed by atoms with Crippen molar-refractivity contribution in [2.24, 2.45) is 5.92 Å². The summed E-state index contributed by atoms with van der Waals surface area (Å²) < 4.78 is 4.95. The zero-order valence-electron chi connectivity index (χ0n) is 7.64. The van der Waals surface area contributed by atoms with Crippen molar-refractivity contribution in [3.05, 3.63) is 7.05 Å². The topological polar surface area (TPSA) is 30.7 Å². The fraction of sp³-hybridized carbons (Fsp3) is 0.778. The highest BCUT2D eigenvalue weighted by Crippen LogP contribution is 2.08. The predicted octanol–water partition coefficient (Wildman–Crippen LogP) is -0.364. The van der Waals surface area contributed by atoms with Crippen molar-refractivity contribution in [3.63, 3.8) is 0 Å². The molecule has 1 rings (SSSR count).